The summed E-state index contributed by atoms with van der Waals surface area (Å²) in [6.07, 6.45) is -4.90. The Morgan fingerprint density at radius 3 is 2.54 bits per heavy atom. The second kappa shape index (κ2) is 5.94. The number of halogens is 3. The lowest BCUT2D eigenvalue weighted by Crippen LogP contribution is -2.32. The third kappa shape index (κ3) is 3.14. The normalized spacial score (nSPS) is 21.3. The number of aryl methyl sites for hydroxylation is 1. The van der Waals surface area contributed by atoms with Crippen molar-refractivity contribution in [3.8, 4) is 0 Å². The zero-order chi connectivity index (χ0) is 17.5. The first-order valence-electron chi connectivity index (χ1n) is 7.35. The van der Waals surface area contributed by atoms with E-state index in [0.29, 0.717) is 11.3 Å². The molecule has 3 rings (SSSR count). The molecular weight excluding hydrogens is 325 g/mol. The van der Waals surface area contributed by atoms with E-state index in [0.717, 1.165) is 12.1 Å². The maximum absolute atomic E-state index is 12.7. The molecule has 1 aromatic heterocycles. The number of aliphatic hydroxyl groups is 1. The van der Waals surface area contributed by atoms with Gasteiger partial charge in [0.25, 0.3) is 5.91 Å². The van der Waals surface area contributed by atoms with Crippen LogP contribution in [0.5, 0.6) is 0 Å². The summed E-state index contributed by atoms with van der Waals surface area (Å²) in [5, 5.41) is 13.6. The molecule has 1 aromatic carbocycles. The van der Waals surface area contributed by atoms with E-state index in [2.05, 4.69) is 5.16 Å². The van der Waals surface area contributed by atoms with Crippen LogP contribution in [0.2, 0.25) is 0 Å². The third-order valence-electron chi connectivity index (χ3n) is 4.01. The summed E-state index contributed by atoms with van der Waals surface area (Å²) in [6, 6.07) is 5.59. The minimum Gasteiger partial charge on any atom is -0.391 e. The topological polar surface area (TPSA) is 66.6 Å². The van der Waals surface area contributed by atoms with Crippen molar-refractivity contribution in [1.82, 2.24) is 10.1 Å². The maximum atomic E-state index is 12.7. The van der Waals surface area contributed by atoms with Crippen LogP contribution in [0, 0.1) is 6.92 Å². The van der Waals surface area contributed by atoms with Crippen LogP contribution in [0.15, 0.2) is 34.9 Å². The van der Waals surface area contributed by atoms with E-state index in [1.165, 1.54) is 23.1 Å². The molecule has 1 saturated heterocycles. The van der Waals surface area contributed by atoms with Gasteiger partial charge >= 0.3 is 6.18 Å². The fourth-order valence-corrected chi connectivity index (χ4v) is 2.86. The van der Waals surface area contributed by atoms with E-state index >= 15 is 0 Å². The summed E-state index contributed by atoms with van der Waals surface area (Å²) in [5.74, 6) is 0.0532. The zero-order valence-electron chi connectivity index (χ0n) is 12.7. The van der Waals surface area contributed by atoms with Crippen molar-refractivity contribution in [1.29, 1.82) is 0 Å². The summed E-state index contributed by atoms with van der Waals surface area (Å²) in [5.41, 5.74) is -0.110. The molecule has 1 amide bonds. The number of likely N-dealkylation sites (tertiary alicyclic amines) is 1. The number of aliphatic hydroxyl groups excluding tert-OH is 1. The molecule has 0 aliphatic carbocycles. The number of carbonyl (C=O) groups excluding carboxylic acids is 1. The average molecular weight is 340 g/mol. The van der Waals surface area contributed by atoms with Gasteiger partial charge in [0.1, 0.15) is 5.76 Å². The highest BCUT2D eigenvalue weighted by atomic mass is 19.4. The molecule has 2 aromatic rings. The Balaban J connectivity index is 1.86. The van der Waals surface area contributed by atoms with E-state index in [1.807, 2.05) is 0 Å². The standard InChI is InChI=1S/C16H15F3N2O3/c1-9-6-13(20-24-9)15(23)21-8-12(22)7-14(21)10-2-4-11(5-3-10)16(17,18)19/h2-6,12,14,22H,7-8H2,1H3. The Morgan fingerprint density at radius 1 is 1.33 bits per heavy atom. The number of hydrogen-bond acceptors (Lipinski definition) is 4. The van der Waals surface area contributed by atoms with Crippen LogP contribution < -0.4 is 0 Å². The van der Waals surface area contributed by atoms with Gasteiger partial charge in [-0.2, -0.15) is 13.2 Å². The summed E-state index contributed by atoms with van der Waals surface area (Å²) < 4.78 is 42.9. The molecule has 1 aliphatic heterocycles. The first kappa shape index (κ1) is 16.5. The number of rotatable bonds is 2. The lowest BCUT2D eigenvalue weighted by atomic mass is 10.0. The van der Waals surface area contributed by atoms with Gasteiger partial charge in [0.15, 0.2) is 5.69 Å². The predicted molar refractivity (Wildman–Crippen MR) is 77.1 cm³/mol. The lowest BCUT2D eigenvalue weighted by Gasteiger charge is -2.24. The molecule has 128 valence electrons. The molecule has 2 atom stereocenters. The van der Waals surface area contributed by atoms with Gasteiger partial charge in [0.2, 0.25) is 0 Å². The van der Waals surface area contributed by atoms with E-state index in [-0.39, 0.29) is 18.7 Å². The van der Waals surface area contributed by atoms with Crippen LogP contribution in [0.25, 0.3) is 0 Å². The Morgan fingerprint density at radius 2 is 2.00 bits per heavy atom. The smallest absolute Gasteiger partial charge is 0.391 e. The number of benzene rings is 1. The summed E-state index contributed by atoms with van der Waals surface area (Å²) in [7, 11) is 0. The van der Waals surface area contributed by atoms with Crippen LogP contribution in [0.3, 0.4) is 0 Å². The molecule has 0 radical (unpaired) electrons. The average Bonchev–Trinajstić information content (AvgIpc) is 3.12. The number of aromatic nitrogens is 1. The third-order valence-corrected chi connectivity index (χ3v) is 4.01. The summed E-state index contributed by atoms with van der Waals surface area (Å²) >= 11 is 0. The molecule has 1 N–H and O–H groups in total. The van der Waals surface area contributed by atoms with Gasteiger partial charge in [-0.25, -0.2) is 0 Å². The molecule has 2 unspecified atom stereocenters. The number of amides is 1. The van der Waals surface area contributed by atoms with Crippen LogP contribution in [-0.2, 0) is 6.18 Å². The number of nitrogens with zero attached hydrogens (tertiary/aromatic N) is 2. The predicted octanol–water partition coefficient (Wildman–Crippen LogP) is 2.95. The molecule has 24 heavy (non-hydrogen) atoms. The van der Waals surface area contributed by atoms with Gasteiger partial charge in [-0.15, -0.1) is 0 Å². The highest BCUT2D eigenvalue weighted by Gasteiger charge is 2.37. The number of carbonyl (C=O) groups is 1. The van der Waals surface area contributed by atoms with Gasteiger partial charge in [0, 0.05) is 12.6 Å². The Bertz CT molecular complexity index is 740. The highest BCUT2D eigenvalue weighted by Crippen LogP contribution is 2.35. The second-order valence-electron chi connectivity index (χ2n) is 5.81. The Kier molecular flexibility index (Phi) is 4.08. The molecule has 1 aliphatic rings. The van der Waals surface area contributed by atoms with Crippen molar-refractivity contribution in [2.24, 2.45) is 0 Å². The van der Waals surface area contributed by atoms with Crippen LogP contribution in [0.4, 0.5) is 13.2 Å². The fraction of sp³-hybridized carbons (Fsp3) is 0.375. The molecule has 0 spiro atoms. The SMILES string of the molecule is Cc1cc(C(=O)N2CC(O)CC2c2ccc(C(F)(F)F)cc2)no1. The molecule has 0 bridgehead atoms. The van der Waals surface area contributed by atoms with Gasteiger partial charge in [-0.05, 0) is 31.0 Å². The maximum Gasteiger partial charge on any atom is 0.416 e. The number of hydrogen-bond donors (Lipinski definition) is 1. The highest BCUT2D eigenvalue weighted by molar-refractivity contribution is 5.92. The quantitative estimate of drug-likeness (QED) is 0.913. The van der Waals surface area contributed by atoms with Crippen LogP contribution in [0.1, 0.15) is 39.8 Å². The van der Waals surface area contributed by atoms with Crippen molar-refractivity contribution in [2.75, 3.05) is 6.54 Å². The van der Waals surface area contributed by atoms with Gasteiger partial charge in [-0.3, -0.25) is 4.79 Å². The van der Waals surface area contributed by atoms with E-state index in [1.54, 1.807) is 6.92 Å². The van der Waals surface area contributed by atoms with Crippen molar-refractivity contribution in [3.05, 3.63) is 52.9 Å². The minimum absolute atomic E-state index is 0.0937. The lowest BCUT2D eigenvalue weighted by molar-refractivity contribution is -0.137. The Labute approximate surface area is 135 Å². The molecule has 1 fully saturated rings. The molecular formula is C16H15F3N2O3. The molecule has 8 heteroatoms. The monoisotopic (exact) mass is 340 g/mol. The molecule has 0 saturated carbocycles. The van der Waals surface area contributed by atoms with Crippen molar-refractivity contribution in [3.63, 3.8) is 0 Å². The van der Waals surface area contributed by atoms with E-state index < -0.39 is 29.8 Å². The minimum atomic E-state index is -4.42. The first-order chi connectivity index (χ1) is 11.3. The van der Waals surface area contributed by atoms with E-state index in [9.17, 15) is 23.1 Å². The molecule has 2 heterocycles. The molecule has 5 nitrogen and oxygen atoms in total. The van der Waals surface area contributed by atoms with Crippen molar-refractivity contribution < 1.29 is 27.6 Å². The van der Waals surface area contributed by atoms with Crippen LogP contribution >= 0.6 is 0 Å². The van der Waals surface area contributed by atoms with Gasteiger partial charge in [0.05, 0.1) is 17.7 Å². The van der Waals surface area contributed by atoms with E-state index in [4.69, 9.17) is 4.52 Å². The van der Waals surface area contributed by atoms with Gasteiger partial charge in [-0.1, -0.05) is 17.3 Å². The number of β-amino-alcohol motifs (C(OH)–C–C–N with tert-alkyl or cyclic N) is 1. The number of alkyl halides is 3. The summed E-state index contributed by atoms with van der Waals surface area (Å²) in [6.45, 7) is 1.74. The largest absolute Gasteiger partial charge is 0.416 e. The van der Waals surface area contributed by atoms with Crippen molar-refractivity contribution >= 4 is 5.91 Å². The summed E-state index contributed by atoms with van der Waals surface area (Å²) in [4.78, 5) is 13.9. The zero-order valence-corrected chi connectivity index (χ0v) is 12.7. The van der Waals surface area contributed by atoms with Gasteiger partial charge < -0.3 is 14.5 Å². The first-order valence-corrected chi connectivity index (χ1v) is 7.35. The fourth-order valence-electron chi connectivity index (χ4n) is 2.86. The van der Waals surface area contributed by atoms with Crippen molar-refractivity contribution in [2.45, 2.75) is 31.7 Å². The Hall–Kier alpha value is -2.35. The van der Waals surface area contributed by atoms with Crippen LogP contribution in [-0.4, -0.2) is 33.7 Å². The second-order valence-corrected chi connectivity index (χ2v) is 5.81.